The van der Waals surface area contributed by atoms with E-state index in [1.165, 1.54) is 5.56 Å². The molecular weight excluding hydrogens is 342 g/mol. The van der Waals surface area contributed by atoms with Gasteiger partial charge in [-0.1, -0.05) is 30.3 Å². The van der Waals surface area contributed by atoms with Gasteiger partial charge in [0.1, 0.15) is 6.61 Å². The Bertz CT molecular complexity index is 888. The monoisotopic (exact) mass is 363 g/mol. The van der Waals surface area contributed by atoms with Gasteiger partial charge < -0.3 is 10.1 Å². The zero-order valence-corrected chi connectivity index (χ0v) is 14.9. The number of nitrogens with one attached hydrogen (secondary N) is 1. The maximum atomic E-state index is 12.0. The van der Waals surface area contributed by atoms with Crippen molar-refractivity contribution in [3.05, 3.63) is 60.2 Å². The molecule has 0 atom stereocenters. The Morgan fingerprint density at radius 1 is 1.11 bits per heavy atom. The van der Waals surface area contributed by atoms with Crippen LogP contribution in [0.15, 0.2) is 54.6 Å². The van der Waals surface area contributed by atoms with Gasteiger partial charge >= 0.3 is 0 Å². The first-order valence-electron chi connectivity index (χ1n) is 9.09. The number of tetrazole rings is 1. The number of nitrogens with zero attached hydrogens (tertiary/aromatic N) is 4. The van der Waals surface area contributed by atoms with Gasteiger partial charge in [-0.2, -0.15) is 0 Å². The highest BCUT2D eigenvalue weighted by molar-refractivity contribution is 5.91. The van der Waals surface area contributed by atoms with Gasteiger partial charge in [0.15, 0.2) is 5.82 Å². The lowest BCUT2D eigenvalue weighted by Gasteiger charge is -2.08. The summed E-state index contributed by atoms with van der Waals surface area (Å²) >= 11 is 0. The Labute approximate surface area is 157 Å². The SMILES string of the molecule is O=C(COCCc1ccccc1)Nc1ccc(-c2nnnn2C2CC2)cc1. The molecule has 138 valence electrons. The number of anilines is 1. The Morgan fingerprint density at radius 2 is 1.89 bits per heavy atom. The summed E-state index contributed by atoms with van der Waals surface area (Å²) in [5, 5.41) is 14.8. The first-order valence-corrected chi connectivity index (χ1v) is 9.09. The molecule has 1 heterocycles. The summed E-state index contributed by atoms with van der Waals surface area (Å²) in [5.41, 5.74) is 2.85. The molecule has 1 N–H and O–H groups in total. The second-order valence-electron chi connectivity index (χ2n) is 6.59. The van der Waals surface area contributed by atoms with E-state index < -0.39 is 0 Å². The van der Waals surface area contributed by atoms with Gasteiger partial charge in [0.05, 0.1) is 12.6 Å². The third-order valence-electron chi connectivity index (χ3n) is 4.42. The van der Waals surface area contributed by atoms with Crippen LogP contribution in [0.1, 0.15) is 24.4 Å². The van der Waals surface area contributed by atoms with Crippen molar-refractivity contribution in [1.82, 2.24) is 20.2 Å². The smallest absolute Gasteiger partial charge is 0.250 e. The average Bonchev–Trinajstić information content (AvgIpc) is 3.43. The molecule has 1 aliphatic rings. The highest BCUT2D eigenvalue weighted by Crippen LogP contribution is 2.36. The maximum absolute atomic E-state index is 12.0. The van der Waals surface area contributed by atoms with Crippen molar-refractivity contribution in [2.75, 3.05) is 18.5 Å². The Morgan fingerprint density at radius 3 is 2.63 bits per heavy atom. The molecule has 1 amide bonds. The standard InChI is InChI=1S/C20H21N5O2/c26-19(14-27-13-12-15-4-2-1-3-5-15)21-17-8-6-16(7-9-17)20-22-23-24-25(20)18-10-11-18/h1-9,18H,10-14H2,(H,21,26). The largest absolute Gasteiger partial charge is 0.371 e. The van der Waals surface area contributed by atoms with E-state index in [2.05, 4.69) is 20.8 Å². The number of carbonyl (C=O) groups excluding carboxylic acids is 1. The van der Waals surface area contributed by atoms with Gasteiger partial charge in [0.2, 0.25) is 5.91 Å². The van der Waals surface area contributed by atoms with Gasteiger partial charge in [-0.15, -0.1) is 5.10 Å². The number of carbonyl (C=O) groups is 1. The van der Waals surface area contributed by atoms with Crippen LogP contribution in [0.25, 0.3) is 11.4 Å². The van der Waals surface area contributed by atoms with Gasteiger partial charge in [-0.25, -0.2) is 4.68 Å². The molecule has 4 rings (SSSR count). The molecular formula is C20H21N5O2. The number of hydrogen-bond donors (Lipinski definition) is 1. The predicted octanol–water partition coefficient (Wildman–Crippen LogP) is 2.87. The third kappa shape index (κ3) is 4.57. The highest BCUT2D eigenvalue weighted by atomic mass is 16.5. The van der Waals surface area contributed by atoms with Gasteiger partial charge in [0.25, 0.3) is 0 Å². The van der Waals surface area contributed by atoms with E-state index in [0.717, 1.165) is 36.3 Å². The van der Waals surface area contributed by atoms with Crippen molar-refractivity contribution in [1.29, 1.82) is 0 Å². The summed E-state index contributed by atoms with van der Waals surface area (Å²) in [6.45, 7) is 0.550. The van der Waals surface area contributed by atoms with Crippen molar-refractivity contribution < 1.29 is 9.53 Å². The molecule has 0 saturated heterocycles. The normalized spacial score (nSPS) is 13.5. The second kappa shape index (κ2) is 8.09. The van der Waals surface area contributed by atoms with E-state index in [-0.39, 0.29) is 12.5 Å². The van der Waals surface area contributed by atoms with Crippen LogP contribution in [0, 0.1) is 0 Å². The van der Waals surface area contributed by atoms with Crippen molar-refractivity contribution in [3.63, 3.8) is 0 Å². The summed E-state index contributed by atoms with van der Waals surface area (Å²) in [6.07, 6.45) is 3.03. The quantitative estimate of drug-likeness (QED) is 0.622. The topological polar surface area (TPSA) is 81.9 Å². The number of benzene rings is 2. The Kier molecular flexibility index (Phi) is 5.20. The van der Waals surface area contributed by atoms with Crippen LogP contribution in [-0.2, 0) is 16.0 Å². The van der Waals surface area contributed by atoms with Crippen LogP contribution in [0.5, 0.6) is 0 Å². The summed E-state index contributed by atoms with van der Waals surface area (Å²) in [7, 11) is 0. The second-order valence-corrected chi connectivity index (χ2v) is 6.59. The third-order valence-corrected chi connectivity index (χ3v) is 4.42. The molecule has 1 aliphatic carbocycles. The molecule has 27 heavy (non-hydrogen) atoms. The molecule has 7 heteroatoms. The number of amides is 1. The number of ether oxygens (including phenoxy) is 1. The lowest BCUT2D eigenvalue weighted by atomic mass is 10.2. The molecule has 1 fully saturated rings. The molecule has 0 radical (unpaired) electrons. The molecule has 0 unspecified atom stereocenters. The molecule has 0 aliphatic heterocycles. The molecule has 7 nitrogen and oxygen atoms in total. The highest BCUT2D eigenvalue weighted by Gasteiger charge is 2.28. The van der Waals surface area contributed by atoms with Crippen LogP contribution in [0.3, 0.4) is 0 Å². The van der Waals surface area contributed by atoms with E-state index in [9.17, 15) is 4.79 Å². The van der Waals surface area contributed by atoms with E-state index >= 15 is 0 Å². The minimum atomic E-state index is -0.168. The molecule has 2 aromatic carbocycles. The van der Waals surface area contributed by atoms with E-state index in [4.69, 9.17) is 4.74 Å². The van der Waals surface area contributed by atoms with Gasteiger partial charge in [-0.3, -0.25) is 4.79 Å². The van der Waals surface area contributed by atoms with Crippen LogP contribution in [0.2, 0.25) is 0 Å². The summed E-state index contributed by atoms with van der Waals surface area (Å²) in [4.78, 5) is 12.0. The molecule has 3 aromatic rings. The van der Waals surface area contributed by atoms with Crippen LogP contribution in [0.4, 0.5) is 5.69 Å². The summed E-state index contributed by atoms with van der Waals surface area (Å²) in [5.74, 6) is 0.596. The zero-order chi connectivity index (χ0) is 18.5. The van der Waals surface area contributed by atoms with Crippen LogP contribution >= 0.6 is 0 Å². The van der Waals surface area contributed by atoms with E-state index in [1.807, 2.05) is 59.3 Å². The van der Waals surface area contributed by atoms with Gasteiger partial charge in [0, 0.05) is 11.3 Å². The van der Waals surface area contributed by atoms with Crippen LogP contribution in [-0.4, -0.2) is 39.3 Å². The fourth-order valence-corrected chi connectivity index (χ4v) is 2.85. The van der Waals surface area contributed by atoms with E-state index in [0.29, 0.717) is 12.6 Å². The number of aromatic nitrogens is 4. The first kappa shape index (κ1) is 17.4. The van der Waals surface area contributed by atoms with Gasteiger partial charge in [-0.05, 0) is 59.5 Å². The minimum Gasteiger partial charge on any atom is -0.371 e. The zero-order valence-electron chi connectivity index (χ0n) is 14.9. The van der Waals surface area contributed by atoms with E-state index in [1.54, 1.807) is 0 Å². The summed E-state index contributed by atoms with van der Waals surface area (Å²) in [6, 6.07) is 18.0. The Hall–Kier alpha value is -3.06. The molecule has 1 aromatic heterocycles. The minimum absolute atomic E-state index is 0.0362. The first-order chi connectivity index (χ1) is 13.3. The predicted molar refractivity (Wildman–Crippen MR) is 101 cm³/mol. The molecule has 0 bridgehead atoms. The lowest BCUT2D eigenvalue weighted by Crippen LogP contribution is -2.19. The molecule has 1 saturated carbocycles. The Balaban J connectivity index is 1.25. The van der Waals surface area contributed by atoms with Crippen molar-refractivity contribution >= 4 is 11.6 Å². The van der Waals surface area contributed by atoms with Crippen LogP contribution < -0.4 is 5.32 Å². The van der Waals surface area contributed by atoms with Crippen molar-refractivity contribution in [2.45, 2.75) is 25.3 Å². The molecule has 0 spiro atoms. The maximum Gasteiger partial charge on any atom is 0.250 e. The lowest BCUT2D eigenvalue weighted by molar-refractivity contribution is -0.120. The number of hydrogen-bond acceptors (Lipinski definition) is 5. The van der Waals surface area contributed by atoms with Crippen molar-refractivity contribution in [2.24, 2.45) is 0 Å². The fourth-order valence-electron chi connectivity index (χ4n) is 2.85. The average molecular weight is 363 g/mol. The summed E-state index contributed by atoms with van der Waals surface area (Å²) < 4.78 is 7.33. The van der Waals surface area contributed by atoms with Crippen molar-refractivity contribution in [3.8, 4) is 11.4 Å². The fraction of sp³-hybridized carbons (Fsp3) is 0.300. The number of rotatable bonds is 8.